The number of nitrogens with one attached hydrogen (secondary N) is 2. The lowest BCUT2D eigenvalue weighted by atomic mass is 10.2. The molecule has 0 bridgehead atoms. The first-order valence-corrected chi connectivity index (χ1v) is 9.08. The number of nitrogens with zero attached hydrogens (tertiary/aromatic N) is 2. The molecule has 2 aromatic rings. The summed E-state index contributed by atoms with van der Waals surface area (Å²) in [7, 11) is 0. The molecule has 0 radical (unpaired) electrons. The normalized spacial score (nSPS) is 10.3. The van der Waals surface area contributed by atoms with Crippen molar-refractivity contribution in [2.75, 3.05) is 13.2 Å². The summed E-state index contributed by atoms with van der Waals surface area (Å²) in [6.07, 6.45) is 12.7. The van der Waals surface area contributed by atoms with E-state index in [9.17, 15) is 9.59 Å². The second-order valence-electron chi connectivity index (χ2n) is 5.82. The van der Waals surface area contributed by atoms with Crippen LogP contribution in [0, 0.1) is 24.7 Å². The highest BCUT2D eigenvalue weighted by Gasteiger charge is 2.08. The molecule has 0 aliphatic rings. The Labute approximate surface area is 180 Å². The topological polar surface area (TPSA) is 101 Å². The molecule has 0 spiro atoms. The van der Waals surface area contributed by atoms with E-state index in [1.54, 1.807) is 48.5 Å². The summed E-state index contributed by atoms with van der Waals surface area (Å²) in [6.45, 7) is 0.219. The van der Waals surface area contributed by atoms with E-state index in [1.165, 1.54) is 12.4 Å². The van der Waals surface area contributed by atoms with E-state index in [-0.39, 0.29) is 13.2 Å². The fraction of sp³-hybridized carbons (Fsp3) is 0.130. The second kappa shape index (κ2) is 12.8. The SMILES string of the molecule is C#CCOc1ccccc1C=NNC(=O)CC(=O)NN=Cc1ccccc1OCC#C. The molecule has 0 unspecified atom stereocenters. The van der Waals surface area contributed by atoms with Crippen molar-refractivity contribution >= 4 is 24.2 Å². The van der Waals surface area contributed by atoms with E-state index in [2.05, 4.69) is 32.9 Å². The second-order valence-corrected chi connectivity index (χ2v) is 5.82. The summed E-state index contributed by atoms with van der Waals surface area (Å²) in [6, 6.07) is 14.1. The van der Waals surface area contributed by atoms with Crippen molar-refractivity contribution in [2.24, 2.45) is 10.2 Å². The van der Waals surface area contributed by atoms with Crippen molar-refractivity contribution in [3.8, 4) is 36.2 Å². The summed E-state index contributed by atoms with van der Waals surface area (Å²) in [4.78, 5) is 23.7. The zero-order valence-electron chi connectivity index (χ0n) is 16.6. The Morgan fingerprint density at radius 3 is 1.65 bits per heavy atom. The molecule has 0 fully saturated rings. The van der Waals surface area contributed by atoms with Crippen LogP contribution in [0.1, 0.15) is 17.5 Å². The van der Waals surface area contributed by atoms with Gasteiger partial charge in [0, 0.05) is 11.1 Å². The molecule has 0 aliphatic carbocycles. The number of ether oxygens (including phenoxy) is 2. The van der Waals surface area contributed by atoms with E-state index >= 15 is 0 Å². The molecular weight excluding hydrogens is 396 g/mol. The van der Waals surface area contributed by atoms with E-state index < -0.39 is 18.2 Å². The molecule has 0 saturated heterocycles. The highest BCUT2D eigenvalue weighted by molar-refractivity contribution is 5.97. The number of para-hydroxylation sites is 2. The standard InChI is InChI=1S/C23H20N4O4/c1-3-13-30-20-11-7-5-9-18(20)16-24-26-22(28)15-23(29)27-25-17-19-10-6-8-12-21(19)31-14-4-2/h1-2,5-12,16-17H,13-15H2,(H,26,28)(H,27,29). The third-order valence-corrected chi connectivity index (χ3v) is 3.57. The Bertz CT molecular complexity index is 965. The lowest BCUT2D eigenvalue weighted by Crippen LogP contribution is -2.27. The number of benzene rings is 2. The molecule has 156 valence electrons. The first-order chi connectivity index (χ1) is 15.1. The van der Waals surface area contributed by atoms with Crippen LogP contribution in [0.3, 0.4) is 0 Å². The average molecular weight is 416 g/mol. The van der Waals surface area contributed by atoms with Crippen molar-refractivity contribution < 1.29 is 19.1 Å². The Morgan fingerprint density at radius 1 is 0.806 bits per heavy atom. The van der Waals surface area contributed by atoms with E-state index in [1.807, 2.05) is 0 Å². The van der Waals surface area contributed by atoms with Gasteiger partial charge in [-0.05, 0) is 24.3 Å². The minimum absolute atomic E-state index is 0.110. The third-order valence-electron chi connectivity index (χ3n) is 3.57. The minimum atomic E-state index is -0.608. The summed E-state index contributed by atoms with van der Waals surface area (Å²) < 4.78 is 10.8. The summed E-state index contributed by atoms with van der Waals surface area (Å²) in [5, 5.41) is 7.65. The Kier molecular flexibility index (Phi) is 9.39. The molecule has 0 aromatic heterocycles. The van der Waals surface area contributed by atoms with Crippen LogP contribution in [0.5, 0.6) is 11.5 Å². The lowest BCUT2D eigenvalue weighted by Gasteiger charge is -2.06. The van der Waals surface area contributed by atoms with Gasteiger partial charge in [-0.25, -0.2) is 10.9 Å². The summed E-state index contributed by atoms with van der Waals surface area (Å²) in [5.41, 5.74) is 5.78. The van der Waals surface area contributed by atoms with Crippen LogP contribution in [0.15, 0.2) is 58.7 Å². The predicted octanol–water partition coefficient (Wildman–Crippen LogP) is 1.70. The molecule has 0 atom stereocenters. The van der Waals surface area contributed by atoms with Gasteiger partial charge in [-0.2, -0.15) is 10.2 Å². The Balaban J connectivity index is 1.83. The molecule has 2 aromatic carbocycles. The summed E-state index contributed by atoms with van der Waals surface area (Å²) in [5.74, 6) is 4.58. The van der Waals surface area contributed by atoms with E-state index in [4.69, 9.17) is 22.3 Å². The molecule has 8 nitrogen and oxygen atoms in total. The number of terminal acetylenes is 2. The highest BCUT2D eigenvalue weighted by Crippen LogP contribution is 2.16. The van der Waals surface area contributed by atoms with Crippen LogP contribution >= 0.6 is 0 Å². The van der Waals surface area contributed by atoms with E-state index in [0.717, 1.165) is 0 Å². The average Bonchev–Trinajstić information content (AvgIpc) is 2.77. The van der Waals surface area contributed by atoms with Crippen molar-refractivity contribution in [1.82, 2.24) is 10.9 Å². The van der Waals surface area contributed by atoms with Gasteiger partial charge in [0.25, 0.3) is 0 Å². The molecule has 0 saturated carbocycles. The predicted molar refractivity (Wildman–Crippen MR) is 118 cm³/mol. The number of rotatable bonds is 10. The largest absolute Gasteiger partial charge is 0.480 e. The van der Waals surface area contributed by atoms with Gasteiger partial charge in [0.05, 0.1) is 12.4 Å². The maximum absolute atomic E-state index is 11.9. The van der Waals surface area contributed by atoms with Gasteiger partial charge in [0.1, 0.15) is 31.1 Å². The van der Waals surface area contributed by atoms with Crippen molar-refractivity contribution in [3.63, 3.8) is 0 Å². The van der Waals surface area contributed by atoms with Crippen molar-refractivity contribution in [1.29, 1.82) is 0 Å². The van der Waals surface area contributed by atoms with Crippen LogP contribution in [0.2, 0.25) is 0 Å². The third kappa shape index (κ3) is 8.14. The van der Waals surface area contributed by atoms with Crippen molar-refractivity contribution in [3.05, 3.63) is 59.7 Å². The zero-order chi connectivity index (χ0) is 22.3. The van der Waals surface area contributed by atoms with Crippen LogP contribution < -0.4 is 20.3 Å². The molecule has 2 rings (SSSR count). The zero-order valence-corrected chi connectivity index (χ0v) is 16.6. The molecule has 31 heavy (non-hydrogen) atoms. The monoisotopic (exact) mass is 416 g/mol. The fourth-order valence-corrected chi connectivity index (χ4v) is 2.25. The van der Waals surface area contributed by atoms with Crippen LogP contribution in [-0.2, 0) is 9.59 Å². The van der Waals surface area contributed by atoms with Gasteiger partial charge in [0.15, 0.2) is 0 Å². The molecule has 0 heterocycles. The molecule has 8 heteroatoms. The van der Waals surface area contributed by atoms with Crippen LogP contribution in [-0.4, -0.2) is 37.5 Å². The Hall–Kier alpha value is -4.56. The van der Waals surface area contributed by atoms with Gasteiger partial charge < -0.3 is 9.47 Å². The number of carbonyl (C=O) groups is 2. The number of hydrogen-bond donors (Lipinski definition) is 2. The maximum atomic E-state index is 11.9. The van der Waals surface area contributed by atoms with Crippen molar-refractivity contribution in [2.45, 2.75) is 6.42 Å². The van der Waals surface area contributed by atoms with Crippen LogP contribution in [0.4, 0.5) is 0 Å². The van der Waals surface area contributed by atoms with Gasteiger partial charge in [-0.3, -0.25) is 9.59 Å². The first-order valence-electron chi connectivity index (χ1n) is 9.08. The lowest BCUT2D eigenvalue weighted by molar-refractivity contribution is -0.129. The fourth-order valence-electron chi connectivity index (χ4n) is 2.25. The maximum Gasteiger partial charge on any atom is 0.249 e. The van der Waals surface area contributed by atoms with Gasteiger partial charge in [-0.1, -0.05) is 36.1 Å². The van der Waals surface area contributed by atoms with E-state index in [0.29, 0.717) is 22.6 Å². The molecule has 2 amide bonds. The van der Waals surface area contributed by atoms with Gasteiger partial charge in [-0.15, -0.1) is 12.8 Å². The molecule has 0 aliphatic heterocycles. The number of carbonyl (C=O) groups excluding carboxylic acids is 2. The number of hydrazone groups is 2. The molecular formula is C23H20N4O4. The first kappa shape index (κ1) is 22.7. The number of hydrogen-bond acceptors (Lipinski definition) is 6. The number of amides is 2. The molecule has 2 N–H and O–H groups in total. The Morgan fingerprint density at radius 2 is 1.23 bits per heavy atom. The van der Waals surface area contributed by atoms with Crippen LogP contribution in [0.25, 0.3) is 0 Å². The minimum Gasteiger partial charge on any atom is -0.480 e. The van der Waals surface area contributed by atoms with Gasteiger partial charge >= 0.3 is 0 Å². The smallest absolute Gasteiger partial charge is 0.249 e. The van der Waals surface area contributed by atoms with Gasteiger partial charge in [0.2, 0.25) is 11.8 Å². The quantitative estimate of drug-likeness (QED) is 0.266. The highest BCUT2D eigenvalue weighted by atomic mass is 16.5. The summed E-state index contributed by atoms with van der Waals surface area (Å²) >= 11 is 0.